The van der Waals surface area contributed by atoms with E-state index in [1.54, 1.807) is 11.3 Å². The molecule has 2 atom stereocenters. The van der Waals surface area contributed by atoms with Crippen molar-refractivity contribution in [2.75, 3.05) is 5.75 Å². The summed E-state index contributed by atoms with van der Waals surface area (Å²) < 4.78 is 13.2. The molecule has 1 aliphatic rings. The quantitative estimate of drug-likeness (QED) is 0.795. The lowest BCUT2D eigenvalue weighted by Gasteiger charge is -2.15. The highest BCUT2D eigenvalue weighted by Gasteiger charge is 2.23. The van der Waals surface area contributed by atoms with Crippen molar-refractivity contribution >= 4 is 37.3 Å². The molecule has 0 saturated heterocycles. The molecule has 3 rings (SSSR count). The number of benzene rings is 1. The summed E-state index contributed by atoms with van der Waals surface area (Å²) in [6.07, 6.45) is -0.0611. The van der Waals surface area contributed by atoms with Crippen LogP contribution in [0, 0.1) is 0 Å². The molecule has 88 valence electrons. The Morgan fingerprint density at radius 2 is 2.29 bits per heavy atom. The highest BCUT2D eigenvalue weighted by Crippen LogP contribution is 2.27. The zero-order valence-corrected chi connectivity index (χ0v) is 10.9. The Hall–Kier alpha value is -1.20. The third kappa shape index (κ3) is 2.00. The Labute approximate surface area is 106 Å². The topological polar surface area (TPSA) is 38.7 Å². The molecule has 0 amide bonds. The van der Waals surface area contributed by atoms with Crippen molar-refractivity contribution in [1.29, 1.82) is 0 Å². The van der Waals surface area contributed by atoms with Crippen LogP contribution in [-0.4, -0.2) is 21.1 Å². The van der Waals surface area contributed by atoms with Crippen LogP contribution in [0.4, 0.5) is 0 Å². The van der Waals surface area contributed by atoms with Crippen LogP contribution in [0.3, 0.4) is 0 Å². The van der Waals surface area contributed by atoms with Gasteiger partial charge in [-0.05, 0) is 24.4 Å². The normalized spacial score (nSPS) is 24.4. The van der Waals surface area contributed by atoms with E-state index >= 15 is 0 Å². The largest absolute Gasteiger partial charge is 0.391 e. The summed E-state index contributed by atoms with van der Waals surface area (Å²) in [5, 5.41) is 5.72. The minimum Gasteiger partial charge on any atom is -0.391 e. The standard InChI is InChI=1S/C12H11NO2S2/c1-8-7-17(14)12(13-15-8)11-6-9-4-2-3-5-10(9)16-11/h2-6,8H,7H2,1H3. The molecule has 0 bridgehead atoms. The maximum absolute atomic E-state index is 12.0. The Bertz CT molecular complexity index is 585. The maximum atomic E-state index is 12.0. The fraction of sp³-hybridized carbons (Fsp3) is 0.250. The van der Waals surface area contributed by atoms with Crippen LogP contribution in [0.5, 0.6) is 0 Å². The Morgan fingerprint density at radius 1 is 1.47 bits per heavy atom. The van der Waals surface area contributed by atoms with Gasteiger partial charge in [-0.2, -0.15) is 0 Å². The number of fused-ring (bicyclic) bond motifs is 1. The van der Waals surface area contributed by atoms with Crippen molar-refractivity contribution in [3.63, 3.8) is 0 Å². The molecule has 5 heteroatoms. The van der Waals surface area contributed by atoms with Gasteiger partial charge in [-0.25, -0.2) is 0 Å². The van der Waals surface area contributed by atoms with E-state index in [9.17, 15) is 4.21 Å². The van der Waals surface area contributed by atoms with Crippen molar-refractivity contribution in [3.05, 3.63) is 35.2 Å². The van der Waals surface area contributed by atoms with E-state index in [1.165, 1.54) is 4.70 Å². The first-order chi connectivity index (χ1) is 8.24. The minimum absolute atomic E-state index is 0.0611. The van der Waals surface area contributed by atoms with Crippen LogP contribution in [0.1, 0.15) is 11.8 Å². The van der Waals surface area contributed by atoms with Crippen LogP contribution in [0.2, 0.25) is 0 Å². The van der Waals surface area contributed by atoms with Crippen molar-refractivity contribution in [2.45, 2.75) is 13.0 Å². The van der Waals surface area contributed by atoms with Crippen LogP contribution in [0.15, 0.2) is 35.5 Å². The van der Waals surface area contributed by atoms with Gasteiger partial charge in [-0.3, -0.25) is 4.21 Å². The molecule has 2 unspecified atom stereocenters. The molecule has 0 fully saturated rings. The molecule has 3 nitrogen and oxygen atoms in total. The summed E-state index contributed by atoms with van der Waals surface area (Å²) in [6, 6.07) is 10.1. The molecule has 2 aromatic rings. The molecule has 1 aromatic heterocycles. The lowest BCUT2D eigenvalue weighted by molar-refractivity contribution is 0.0868. The average Bonchev–Trinajstić information content (AvgIpc) is 2.72. The van der Waals surface area contributed by atoms with Crippen LogP contribution < -0.4 is 0 Å². The van der Waals surface area contributed by atoms with Crippen molar-refractivity contribution < 1.29 is 9.05 Å². The second-order valence-corrected chi connectivity index (χ2v) is 6.47. The highest BCUT2D eigenvalue weighted by molar-refractivity contribution is 8.01. The van der Waals surface area contributed by atoms with Gasteiger partial charge in [0.15, 0.2) is 5.04 Å². The van der Waals surface area contributed by atoms with Gasteiger partial charge in [0.2, 0.25) is 0 Å². The summed E-state index contributed by atoms with van der Waals surface area (Å²) in [6.45, 7) is 1.88. The lowest BCUT2D eigenvalue weighted by Crippen LogP contribution is -2.26. The third-order valence-electron chi connectivity index (χ3n) is 2.55. The molecule has 0 spiro atoms. The molecule has 0 aliphatic carbocycles. The van der Waals surface area contributed by atoms with Crippen molar-refractivity contribution in [2.24, 2.45) is 5.16 Å². The van der Waals surface area contributed by atoms with Gasteiger partial charge in [-0.15, -0.1) is 11.3 Å². The molecule has 17 heavy (non-hydrogen) atoms. The molecule has 1 aliphatic heterocycles. The molecule has 0 N–H and O–H groups in total. The number of hydrogen-bond donors (Lipinski definition) is 0. The van der Waals surface area contributed by atoms with Crippen LogP contribution in [-0.2, 0) is 15.6 Å². The van der Waals surface area contributed by atoms with Gasteiger partial charge >= 0.3 is 0 Å². The summed E-state index contributed by atoms with van der Waals surface area (Å²) in [5.74, 6) is 0.521. The molecule has 1 aromatic carbocycles. The molecule has 2 heterocycles. The Kier molecular flexibility index (Phi) is 2.72. The fourth-order valence-electron chi connectivity index (χ4n) is 1.75. The summed E-state index contributed by atoms with van der Waals surface area (Å²) >= 11 is 1.60. The number of nitrogens with zero attached hydrogens (tertiary/aromatic N) is 1. The maximum Gasteiger partial charge on any atom is 0.183 e. The predicted molar refractivity (Wildman–Crippen MR) is 71.9 cm³/mol. The first-order valence-electron chi connectivity index (χ1n) is 5.35. The summed E-state index contributed by atoms with van der Waals surface area (Å²) in [5.41, 5.74) is 0. The second kappa shape index (κ2) is 4.23. The highest BCUT2D eigenvalue weighted by atomic mass is 32.2. The van der Waals surface area contributed by atoms with Gasteiger partial charge in [0.25, 0.3) is 0 Å². The fourth-order valence-corrected chi connectivity index (χ4v) is 4.14. The van der Waals surface area contributed by atoms with Crippen molar-refractivity contribution in [1.82, 2.24) is 0 Å². The van der Waals surface area contributed by atoms with E-state index in [-0.39, 0.29) is 6.10 Å². The Morgan fingerprint density at radius 3 is 3.06 bits per heavy atom. The van der Waals surface area contributed by atoms with Crippen LogP contribution >= 0.6 is 11.3 Å². The number of oxime groups is 1. The zero-order chi connectivity index (χ0) is 11.8. The monoisotopic (exact) mass is 265 g/mol. The summed E-state index contributed by atoms with van der Waals surface area (Å²) in [7, 11) is -1.05. The van der Waals surface area contributed by atoms with Gasteiger partial charge in [0, 0.05) is 4.70 Å². The number of hydrogen-bond acceptors (Lipinski definition) is 4. The molecule has 0 saturated carbocycles. The molecular formula is C12H11NO2S2. The van der Waals surface area contributed by atoms with E-state index in [1.807, 2.05) is 31.2 Å². The second-order valence-electron chi connectivity index (χ2n) is 3.97. The van der Waals surface area contributed by atoms with Gasteiger partial charge in [0.05, 0.1) is 21.4 Å². The molecule has 0 radical (unpaired) electrons. The molecular weight excluding hydrogens is 254 g/mol. The average molecular weight is 265 g/mol. The first kappa shape index (κ1) is 10.9. The van der Waals surface area contributed by atoms with E-state index in [0.717, 1.165) is 10.3 Å². The van der Waals surface area contributed by atoms with Crippen LogP contribution in [0.25, 0.3) is 10.1 Å². The van der Waals surface area contributed by atoms with Gasteiger partial charge < -0.3 is 4.84 Å². The number of thiophene rings is 1. The van der Waals surface area contributed by atoms with Gasteiger partial charge in [-0.1, -0.05) is 23.4 Å². The van der Waals surface area contributed by atoms with Gasteiger partial charge in [0.1, 0.15) is 6.10 Å². The summed E-state index contributed by atoms with van der Waals surface area (Å²) in [4.78, 5) is 6.15. The van der Waals surface area contributed by atoms with E-state index < -0.39 is 10.8 Å². The Balaban J connectivity index is 2.06. The van der Waals surface area contributed by atoms with E-state index in [4.69, 9.17) is 4.84 Å². The van der Waals surface area contributed by atoms with Crippen molar-refractivity contribution in [3.8, 4) is 0 Å². The first-order valence-corrected chi connectivity index (χ1v) is 7.49. The third-order valence-corrected chi connectivity index (χ3v) is 5.30. The van der Waals surface area contributed by atoms with E-state index in [2.05, 4.69) is 11.2 Å². The SMILES string of the molecule is CC1CS(=O)C(c2cc3ccccc3s2)=NO1. The van der Waals surface area contributed by atoms with E-state index in [0.29, 0.717) is 10.8 Å². The number of rotatable bonds is 1. The minimum atomic E-state index is -1.05. The predicted octanol–water partition coefficient (Wildman–Crippen LogP) is 2.73. The lowest BCUT2D eigenvalue weighted by atomic mass is 10.2. The smallest absolute Gasteiger partial charge is 0.183 e. The zero-order valence-electron chi connectivity index (χ0n) is 9.25.